The van der Waals surface area contributed by atoms with Gasteiger partial charge in [0.2, 0.25) is 5.75 Å². The van der Waals surface area contributed by atoms with Crippen molar-refractivity contribution in [3.63, 3.8) is 0 Å². The molecule has 0 saturated heterocycles. The molecule has 2 aromatic rings. The highest BCUT2D eigenvalue weighted by atomic mass is 16.6. The summed E-state index contributed by atoms with van der Waals surface area (Å²) in [6.07, 6.45) is 4.00. The van der Waals surface area contributed by atoms with Gasteiger partial charge < -0.3 is 9.84 Å². The molecule has 8 nitrogen and oxygen atoms in total. The van der Waals surface area contributed by atoms with Gasteiger partial charge in [-0.2, -0.15) is 5.10 Å². The minimum Gasteiger partial charge on any atom is -0.500 e. The van der Waals surface area contributed by atoms with E-state index < -0.39 is 22.3 Å². The van der Waals surface area contributed by atoms with Crippen molar-refractivity contribution in [1.82, 2.24) is 5.43 Å². The lowest BCUT2D eigenvalue weighted by Gasteiger charge is -2.05. The molecule has 2 rings (SSSR count). The molecule has 25 heavy (non-hydrogen) atoms. The highest BCUT2D eigenvalue weighted by molar-refractivity contribution is 5.92. The van der Waals surface area contributed by atoms with E-state index in [4.69, 9.17) is 4.74 Å². The maximum atomic E-state index is 11.7. The van der Waals surface area contributed by atoms with Crippen molar-refractivity contribution in [2.24, 2.45) is 5.10 Å². The molecule has 0 heterocycles. The van der Waals surface area contributed by atoms with E-state index in [-0.39, 0.29) is 5.75 Å². The molecule has 0 fully saturated rings. The van der Waals surface area contributed by atoms with Crippen molar-refractivity contribution < 1.29 is 19.6 Å². The molecule has 128 valence electrons. The number of amides is 1. The number of nitro benzene ring substituents is 1. The molecule has 0 unspecified atom stereocenters. The SMILES string of the molecule is COc1cc(/C=C/C(=O)N/N=C/c2ccccc2)cc([N+](=O)[O-])c1O. The van der Waals surface area contributed by atoms with Gasteiger partial charge in [0.05, 0.1) is 18.2 Å². The number of hydrazone groups is 1. The Morgan fingerprint density at radius 1 is 1.28 bits per heavy atom. The van der Waals surface area contributed by atoms with Crippen LogP contribution in [0.4, 0.5) is 5.69 Å². The number of nitro groups is 1. The fourth-order valence-corrected chi connectivity index (χ4v) is 1.92. The monoisotopic (exact) mass is 341 g/mol. The molecule has 0 bridgehead atoms. The summed E-state index contributed by atoms with van der Waals surface area (Å²) in [6.45, 7) is 0. The van der Waals surface area contributed by atoms with Crippen molar-refractivity contribution in [3.05, 3.63) is 69.8 Å². The molecular formula is C17H15N3O5. The lowest BCUT2D eigenvalue weighted by atomic mass is 10.1. The third kappa shape index (κ3) is 4.90. The first kappa shape index (κ1) is 17.7. The van der Waals surface area contributed by atoms with Gasteiger partial charge in [0.25, 0.3) is 5.91 Å². The quantitative estimate of drug-likeness (QED) is 0.362. The van der Waals surface area contributed by atoms with Crippen LogP contribution in [-0.4, -0.2) is 29.3 Å². The number of carbonyl (C=O) groups excluding carboxylic acids is 1. The van der Waals surface area contributed by atoms with E-state index in [1.165, 1.54) is 25.5 Å². The average Bonchev–Trinajstić information content (AvgIpc) is 2.61. The predicted octanol–water partition coefficient (Wildman–Crippen LogP) is 2.47. The largest absolute Gasteiger partial charge is 0.500 e. The normalized spacial score (nSPS) is 10.9. The number of hydrogen-bond donors (Lipinski definition) is 2. The van der Waals surface area contributed by atoms with Crippen LogP contribution in [0.3, 0.4) is 0 Å². The number of rotatable bonds is 6. The van der Waals surface area contributed by atoms with Gasteiger partial charge in [-0.1, -0.05) is 30.3 Å². The molecule has 0 aliphatic heterocycles. The second-order valence-corrected chi connectivity index (χ2v) is 4.83. The number of carbonyl (C=O) groups is 1. The van der Waals surface area contributed by atoms with Gasteiger partial charge in [-0.3, -0.25) is 14.9 Å². The lowest BCUT2D eigenvalue weighted by molar-refractivity contribution is -0.386. The number of benzene rings is 2. The number of methoxy groups -OCH3 is 1. The number of aromatic hydroxyl groups is 1. The van der Waals surface area contributed by atoms with Gasteiger partial charge in [0, 0.05) is 12.1 Å². The van der Waals surface area contributed by atoms with E-state index in [0.717, 1.165) is 17.7 Å². The fraction of sp³-hybridized carbons (Fsp3) is 0.0588. The first-order chi connectivity index (χ1) is 12.0. The van der Waals surface area contributed by atoms with Crippen LogP contribution in [-0.2, 0) is 4.79 Å². The molecular weight excluding hydrogens is 326 g/mol. The van der Waals surface area contributed by atoms with Crippen LogP contribution >= 0.6 is 0 Å². The Labute approximate surface area is 143 Å². The Morgan fingerprint density at radius 2 is 2.00 bits per heavy atom. The molecule has 0 radical (unpaired) electrons. The van der Waals surface area contributed by atoms with Crippen LogP contribution in [0.5, 0.6) is 11.5 Å². The van der Waals surface area contributed by atoms with Crippen molar-refractivity contribution in [2.75, 3.05) is 7.11 Å². The van der Waals surface area contributed by atoms with Crippen LogP contribution in [0.15, 0.2) is 53.6 Å². The molecule has 0 saturated carbocycles. The summed E-state index contributed by atoms with van der Waals surface area (Å²) < 4.78 is 4.88. The molecule has 0 aliphatic rings. The Hall–Kier alpha value is -3.68. The minimum absolute atomic E-state index is 0.0589. The first-order valence-corrected chi connectivity index (χ1v) is 7.13. The van der Waals surface area contributed by atoms with Gasteiger partial charge in [0.15, 0.2) is 5.75 Å². The Morgan fingerprint density at radius 3 is 2.64 bits per heavy atom. The molecule has 1 amide bonds. The highest BCUT2D eigenvalue weighted by Crippen LogP contribution is 2.37. The van der Waals surface area contributed by atoms with Gasteiger partial charge in [0.1, 0.15) is 0 Å². The summed E-state index contributed by atoms with van der Waals surface area (Å²) >= 11 is 0. The Bertz CT molecular complexity index is 832. The first-order valence-electron chi connectivity index (χ1n) is 7.13. The number of phenols is 1. The van der Waals surface area contributed by atoms with Crippen LogP contribution in [0.1, 0.15) is 11.1 Å². The number of nitrogens with zero attached hydrogens (tertiary/aromatic N) is 2. The lowest BCUT2D eigenvalue weighted by Crippen LogP contribution is -2.14. The van der Waals surface area contributed by atoms with Crippen molar-refractivity contribution in [1.29, 1.82) is 0 Å². The standard InChI is InChI=1S/C17H15N3O5/c1-25-15-10-13(9-14(17(15)22)20(23)24)7-8-16(21)19-18-11-12-5-3-2-4-6-12/h2-11,22H,1H3,(H,19,21)/b8-7+,18-11+. The average molecular weight is 341 g/mol. The van der Waals surface area contributed by atoms with E-state index in [1.54, 1.807) is 0 Å². The Balaban J connectivity index is 2.08. The summed E-state index contributed by atoms with van der Waals surface area (Å²) in [6, 6.07) is 11.7. The maximum Gasteiger partial charge on any atom is 0.315 e. The minimum atomic E-state index is -0.737. The molecule has 2 aromatic carbocycles. The van der Waals surface area contributed by atoms with Gasteiger partial charge in [-0.15, -0.1) is 0 Å². The van der Waals surface area contributed by atoms with Crippen LogP contribution in [0.2, 0.25) is 0 Å². The van der Waals surface area contributed by atoms with E-state index >= 15 is 0 Å². The maximum absolute atomic E-state index is 11.7. The van der Waals surface area contributed by atoms with Gasteiger partial charge >= 0.3 is 5.69 Å². The summed E-state index contributed by atoms with van der Waals surface area (Å²) in [7, 11) is 1.28. The second kappa shape index (κ2) is 8.25. The zero-order valence-electron chi connectivity index (χ0n) is 13.2. The van der Waals surface area contributed by atoms with Gasteiger partial charge in [-0.05, 0) is 23.3 Å². The zero-order chi connectivity index (χ0) is 18.2. The fourth-order valence-electron chi connectivity index (χ4n) is 1.92. The molecule has 0 atom stereocenters. The highest BCUT2D eigenvalue weighted by Gasteiger charge is 2.19. The van der Waals surface area contributed by atoms with Gasteiger partial charge in [-0.25, -0.2) is 5.43 Å². The summed E-state index contributed by atoms with van der Waals surface area (Å²) in [4.78, 5) is 21.9. The summed E-state index contributed by atoms with van der Waals surface area (Å²) in [5, 5.41) is 24.4. The molecule has 8 heteroatoms. The summed E-state index contributed by atoms with van der Waals surface area (Å²) in [5.74, 6) is -1.14. The number of phenolic OH excluding ortho intramolecular Hbond substituents is 1. The zero-order valence-corrected chi connectivity index (χ0v) is 13.2. The van der Waals surface area contributed by atoms with Crippen molar-refractivity contribution >= 4 is 23.9 Å². The third-order valence-electron chi connectivity index (χ3n) is 3.11. The molecule has 2 N–H and O–H groups in total. The van der Waals surface area contributed by atoms with E-state index in [9.17, 15) is 20.0 Å². The van der Waals surface area contributed by atoms with E-state index in [2.05, 4.69) is 10.5 Å². The topological polar surface area (TPSA) is 114 Å². The van der Waals surface area contributed by atoms with E-state index in [0.29, 0.717) is 5.56 Å². The molecule has 0 spiro atoms. The smallest absolute Gasteiger partial charge is 0.315 e. The third-order valence-corrected chi connectivity index (χ3v) is 3.11. The number of hydrogen-bond acceptors (Lipinski definition) is 6. The van der Waals surface area contributed by atoms with Crippen molar-refractivity contribution in [2.45, 2.75) is 0 Å². The van der Waals surface area contributed by atoms with Crippen LogP contribution in [0, 0.1) is 10.1 Å². The number of ether oxygens (including phenoxy) is 1. The summed E-state index contributed by atoms with van der Waals surface area (Å²) in [5.41, 5.74) is 2.94. The van der Waals surface area contributed by atoms with Crippen LogP contribution in [0.25, 0.3) is 6.08 Å². The predicted molar refractivity (Wildman–Crippen MR) is 92.5 cm³/mol. The molecule has 0 aliphatic carbocycles. The second-order valence-electron chi connectivity index (χ2n) is 4.83. The number of nitrogens with one attached hydrogen (secondary N) is 1. The van der Waals surface area contributed by atoms with E-state index in [1.807, 2.05) is 30.3 Å². The van der Waals surface area contributed by atoms with Crippen LogP contribution < -0.4 is 10.2 Å². The van der Waals surface area contributed by atoms with Crippen molar-refractivity contribution in [3.8, 4) is 11.5 Å². The Kier molecular flexibility index (Phi) is 5.83. The molecule has 0 aromatic heterocycles.